The van der Waals surface area contributed by atoms with Crippen molar-refractivity contribution in [2.75, 3.05) is 24.3 Å². The number of carbonyl (C=O) groups excluding carboxylic acids is 1. The van der Waals surface area contributed by atoms with Gasteiger partial charge < -0.3 is 14.8 Å². The van der Waals surface area contributed by atoms with Gasteiger partial charge >= 0.3 is 0 Å². The fourth-order valence-electron chi connectivity index (χ4n) is 3.84. The van der Waals surface area contributed by atoms with Crippen molar-refractivity contribution < 1.29 is 4.79 Å². The predicted octanol–water partition coefficient (Wildman–Crippen LogP) is 4.09. The Balaban J connectivity index is 1.72. The van der Waals surface area contributed by atoms with E-state index in [1.54, 1.807) is 0 Å². The second kappa shape index (κ2) is 7.26. The minimum absolute atomic E-state index is 0.135. The normalized spacial score (nSPS) is 13.9. The molecule has 6 nitrogen and oxygen atoms in total. The van der Waals surface area contributed by atoms with Gasteiger partial charge in [0.05, 0.1) is 5.56 Å². The second-order valence-corrected chi connectivity index (χ2v) is 7.82. The number of pyridine rings is 1. The van der Waals surface area contributed by atoms with Crippen molar-refractivity contribution in [3.05, 3.63) is 46.9 Å². The van der Waals surface area contributed by atoms with Gasteiger partial charge in [-0.25, -0.2) is 9.97 Å². The second-order valence-electron chi connectivity index (χ2n) is 7.82. The van der Waals surface area contributed by atoms with Gasteiger partial charge in [-0.2, -0.15) is 0 Å². The maximum atomic E-state index is 13.1. The summed E-state index contributed by atoms with van der Waals surface area (Å²) < 4.78 is 2.20. The van der Waals surface area contributed by atoms with Crippen LogP contribution in [0.25, 0.3) is 11.2 Å². The molecule has 0 fully saturated rings. The third kappa shape index (κ3) is 3.35. The number of anilines is 2. The van der Waals surface area contributed by atoms with Crippen LogP contribution in [0.1, 0.15) is 46.7 Å². The van der Waals surface area contributed by atoms with E-state index in [4.69, 9.17) is 9.97 Å². The van der Waals surface area contributed by atoms with Crippen LogP contribution in [0.2, 0.25) is 0 Å². The van der Waals surface area contributed by atoms with E-state index in [1.165, 1.54) is 6.42 Å². The summed E-state index contributed by atoms with van der Waals surface area (Å²) >= 11 is 0. The molecule has 1 aromatic carbocycles. The molecule has 6 heteroatoms. The van der Waals surface area contributed by atoms with E-state index in [1.807, 2.05) is 51.0 Å². The van der Waals surface area contributed by atoms with Gasteiger partial charge in [0.2, 0.25) is 0 Å². The highest BCUT2D eigenvalue weighted by Gasteiger charge is 2.21. The Hall–Kier alpha value is -2.89. The van der Waals surface area contributed by atoms with Gasteiger partial charge in [-0.3, -0.25) is 4.79 Å². The lowest BCUT2D eigenvalue weighted by atomic mass is 10.1. The van der Waals surface area contributed by atoms with Crippen LogP contribution in [0.4, 0.5) is 11.4 Å². The van der Waals surface area contributed by atoms with Gasteiger partial charge in [0.1, 0.15) is 11.3 Å². The minimum Gasteiger partial charge on any atom is -0.378 e. The minimum atomic E-state index is -0.135. The first-order valence-electron chi connectivity index (χ1n) is 9.90. The molecule has 0 bridgehead atoms. The number of hydrogen-bond donors (Lipinski definition) is 1. The number of hydrogen-bond acceptors (Lipinski definition) is 4. The number of fused-ring (bicyclic) bond motifs is 3. The Labute approximate surface area is 165 Å². The van der Waals surface area contributed by atoms with Crippen molar-refractivity contribution in [2.24, 2.45) is 0 Å². The Morgan fingerprint density at radius 3 is 2.68 bits per heavy atom. The molecule has 0 aliphatic carbocycles. The Kier molecular flexibility index (Phi) is 4.79. The molecule has 1 aliphatic heterocycles. The highest BCUT2D eigenvalue weighted by molar-refractivity contribution is 6.11. The molecule has 0 spiro atoms. The average molecular weight is 377 g/mol. The van der Waals surface area contributed by atoms with Crippen LogP contribution in [0.3, 0.4) is 0 Å². The van der Waals surface area contributed by atoms with Crippen LogP contribution in [0, 0.1) is 13.8 Å². The zero-order chi connectivity index (χ0) is 19.8. The summed E-state index contributed by atoms with van der Waals surface area (Å²) in [7, 11) is 4.01. The van der Waals surface area contributed by atoms with Gasteiger partial charge in [0.25, 0.3) is 5.91 Å². The third-order valence-electron chi connectivity index (χ3n) is 5.41. The Morgan fingerprint density at radius 1 is 1.11 bits per heavy atom. The summed E-state index contributed by atoms with van der Waals surface area (Å²) in [5.74, 6) is 0.913. The van der Waals surface area contributed by atoms with Gasteiger partial charge in [-0.15, -0.1) is 0 Å². The Morgan fingerprint density at radius 2 is 1.93 bits per heavy atom. The van der Waals surface area contributed by atoms with Gasteiger partial charge in [0.15, 0.2) is 5.65 Å². The summed E-state index contributed by atoms with van der Waals surface area (Å²) in [4.78, 5) is 24.7. The summed E-state index contributed by atoms with van der Waals surface area (Å²) in [6.07, 6.45) is 4.43. The fourth-order valence-corrected chi connectivity index (χ4v) is 3.84. The molecule has 2 aromatic heterocycles. The maximum absolute atomic E-state index is 13.1. The zero-order valence-corrected chi connectivity index (χ0v) is 17.0. The molecule has 1 aliphatic rings. The van der Waals surface area contributed by atoms with Crippen molar-refractivity contribution in [3.63, 3.8) is 0 Å². The molecule has 0 radical (unpaired) electrons. The van der Waals surface area contributed by atoms with E-state index in [-0.39, 0.29) is 5.91 Å². The molecule has 3 heterocycles. The Bertz CT molecular complexity index is 1050. The number of aryl methyl sites for hydroxylation is 4. The molecule has 0 atom stereocenters. The standard InChI is InChI=1S/C22H27N5O/c1-14-12-16(26(3)4)9-10-18(14)24-22(28)17-13-15(2)23-21-20(17)25-19-8-6-5-7-11-27(19)21/h9-10,12-13H,5-8,11H2,1-4H3,(H,24,28). The summed E-state index contributed by atoms with van der Waals surface area (Å²) in [6.45, 7) is 4.87. The summed E-state index contributed by atoms with van der Waals surface area (Å²) in [5, 5.41) is 3.07. The number of nitrogens with one attached hydrogen (secondary N) is 1. The highest BCUT2D eigenvalue weighted by Crippen LogP contribution is 2.26. The molecule has 0 unspecified atom stereocenters. The smallest absolute Gasteiger partial charge is 0.258 e. The lowest BCUT2D eigenvalue weighted by Gasteiger charge is -2.15. The molecule has 146 valence electrons. The summed E-state index contributed by atoms with van der Waals surface area (Å²) in [5.41, 5.74) is 5.93. The van der Waals surface area contributed by atoms with Crippen LogP contribution < -0.4 is 10.2 Å². The third-order valence-corrected chi connectivity index (χ3v) is 5.41. The molecule has 0 saturated heterocycles. The van der Waals surface area contributed by atoms with Crippen LogP contribution >= 0.6 is 0 Å². The van der Waals surface area contributed by atoms with Crippen molar-refractivity contribution >= 4 is 28.4 Å². The molecule has 1 N–H and O–H groups in total. The first-order valence-corrected chi connectivity index (χ1v) is 9.90. The lowest BCUT2D eigenvalue weighted by molar-refractivity contribution is 0.102. The molecule has 1 amide bonds. The number of benzene rings is 1. The molecule has 0 saturated carbocycles. The summed E-state index contributed by atoms with van der Waals surface area (Å²) in [6, 6.07) is 7.88. The molecule has 28 heavy (non-hydrogen) atoms. The number of carbonyl (C=O) groups is 1. The highest BCUT2D eigenvalue weighted by atomic mass is 16.1. The van der Waals surface area contributed by atoms with E-state index in [0.29, 0.717) is 11.1 Å². The predicted molar refractivity (Wildman–Crippen MR) is 113 cm³/mol. The van der Waals surface area contributed by atoms with Gasteiger partial charge in [-0.05, 0) is 56.5 Å². The van der Waals surface area contributed by atoms with Crippen LogP contribution in [0.5, 0.6) is 0 Å². The van der Waals surface area contributed by atoms with E-state index < -0.39 is 0 Å². The number of aromatic nitrogens is 3. The van der Waals surface area contributed by atoms with Crippen molar-refractivity contribution in [1.82, 2.24) is 14.5 Å². The van der Waals surface area contributed by atoms with Crippen LogP contribution in [-0.4, -0.2) is 34.5 Å². The van der Waals surface area contributed by atoms with E-state index in [0.717, 1.165) is 59.9 Å². The van der Waals surface area contributed by atoms with E-state index in [2.05, 4.69) is 16.0 Å². The number of imidazole rings is 1. The average Bonchev–Trinajstić information content (AvgIpc) is 2.84. The van der Waals surface area contributed by atoms with Gasteiger partial charge in [0, 0.05) is 44.1 Å². The van der Waals surface area contributed by atoms with Gasteiger partial charge in [-0.1, -0.05) is 6.42 Å². The van der Waals surface area contributed by atoms with E-state index >= 15 is 0 Å². The monoisotopic (exact) mass is 377 g/mol. The fraction of sp³-hybridized carbons (Fsp3) is 0.409. The first kappa shape index (κ1) is 18.5. The topological polar surface area (TPSA) is 63.1 Å². The largest absolute Gasteiger partial charge is 0.378 e. The maximum Gasteiger partial charge on any atom is 0.258 e. The SMILES string of the molecule is Cc1cc(C(=O)Nc2ccc(N(C)C)cc2C)c2nc3n(c2n1)CCCCC3. The quantitative estimate of drug-likeness (QED) is 0.747. The lowest BCUT2D eigenvalue weighted by Crippen LogP contribution is -2.15. The number of rotatable bonds is 3. The molecular formula is C22H27N5O. The zero-order valence-electron chi connectivity index (χ0n) is 17.0. The van der Waals surface area contributed by atoms with Crippen molar-refractivity contribution in [3.8, 4) is 0 Å². The van der Waals surface area contributed by atoms with Crippen molar-refractivity contribution in [2.45, 2.75) is 46.1 Å². The van der Waals surface area contributed by atoms with Crippen LogP contribution in [-0.2, 0) is 13.0 Å². The van der Waals surface area contributed by atoms with Crippen molar-refractivity contribution in [1.29, 1.82) is 0 Å². The number of amides is 1. The number of nitrogens with zero attached hydrogens (tertiary/aromatic N) is 4. The molecular weight excluding hydrogens is 350 g/mol. The first-order chi connectivity index (χ1) is 13.4. The van der Waals surface area contributed by atoms with Crippen LogP contribution in [0.15, 0.2) is 24.3 Å². The van der Waals surface area contributed by atoms with E-state index in [9.17, 15) is 4.79 Å². The molecule has 4 rings (SSSR count). The molecule has 3 aromatic rings.